The number of hydrogen-bond donors (Lipinski definition) is 1. The lowest BCUT2D eigenvalue weighted by molar-refractivity contribution is -0.120. The molecule has 0 fully saturated rings. The Morgan fingerprint density at radius 1 is 1.37 bits per heavy atom. The van der Waals surface area contributed by atoms with Crippen molar-refractivity contribution in [2.75, 3.05) is 6.54 Å². The standard InChI is InChI=1S/C15H21Br2NO/c1-15(2,3)9-13(17)10-18-14(19)8-11-5-4-6-12(16)7-11/h4-7,13H,8-10H2,1-3H3,(H,18,19). The van der Waals surface area contributed by atoms with Crippen LogP contribution in [0.25, 0.3) is 0 Å². The van der Waals surface area contributed by atoms with E-state index < -0.39 is 0 Å². The highest BCUT2D eigenvalue weighted by Gasteiger charge is 2.17. The number of nitrogens with one attached hydrogen (secondary N) is 1. The number of benzene rings is 1. The maximum Gasteiger partial charge on any atom is 0.224 e. The van der Waals surface area contributed by atoms with Crippen LogP contribution in [0.1, 0.15) is 32.8 Å². The minimum Gasteiger partial charge on any atom is -0.355 e. The molecule has 1 aromatic rings. The third-order valence-corrected chi connectivity index (χ3v) is 3.75. The first-order chi connectivity index (χ1) is 8.76. The van der Waals surface area contributed by atoms with E-state index in [0.717, 1.165) is 16.5 Å². The fourth-order valence-electron chi connectivity index (χ4n) is 1.86. The van der Waals surface area contributed by atoms with Gasteiger partial charge >= 0.3 is 0 Å². The molecule has 0 radical (unpaired) electrons. The number of carbonyl (C=O) groups is 1. The second-order valence-electron chi connectivity index (χ2n) is 5.97. The van der Waals surface area contributed by atoms with E-state index in [4.69, 9.17) is 0 Å². The first kappa shape index (κ1) is 16.7. The summed E-state index contributed by atoms with van der Waals surface area (Å²) in [5, 5.41) is 2.97. The molecule has 0 bridgehead atoms. The van der Waals surface area contributed by atoms with Crippen LogP contribution < -0.4 is 5.32 Å². The number of halogens is 2. The average Bonchev–Trinajstić information content (AvgIpc) is 2.24. The number of amides is 1. The lowest BCUT2D eigenvalue weighted by Gasteiger charge is -2.22. The Labute approximate surface area is 132 Å². The molecule has 0 aromatic heterocycles. The summed E-state index contributed by atoms with van der Waals surface area (Å²) in [6.45, 7) is 7.27. The maximum atomic E-state index is 11.8. The molecule has 4 heteroatoms. The van der Waals surface area contributed by atoms with Crippen molar-refractivity contribution in [3.8, 4) is 0 Å². The Bertz CT molecular complexity index is 426. The summed E-state index contributed by atoms with van der Waals surface area (Å²) in [7, 11) is 0. The van der Waals surface area contributed by atoms with Crippen LogP contribution in [0.3, 0.4) is 0 Å². The van der Waals surface area contributed by atoms with Crippen LogP contribution >= 0.6 is 31.9 Å². The fraction of sp³-hybridized carbons (Fsp3) is 0.533. The summed E-state index contributed by atoms with van der Waals surface area (Å²) in [5.74, 6) is 0.0662. The van der Waals surface area contributed by atoms with Crippen LogP contribution in [0.2, 0.25) is 0 Å². The first-order valence-corrected chi connectivity index (χ1v) is 8.12. The van der Waals surface area contributed by atoms with Crippen molar-refractivity contribution in [3.05, 3.63) is 34.3 Å². The van der Waals surface area contributed by atoms with Crippen molar-refractivity contribution in [1.29, 1.82) is 0 Å². The van der Waals surface area contributed by atoms with Crippen molar-refractivity contribution in [1.82, 2.24) is 5.32 Å². The molecule has 2 nitrogen and oxygen atoms in total. The zero-order chi connectivity index (χ0) is 14.5. The van der Waals surface area contributed by atoms with E-state index in [9.17, 15) is 4.79 Å². The topological polar surface area (TPSA) is 29.1 Å². The molecule has 1 aromatic carbocycles. The number of carbonyl (C=O) groups excluding carboxylic acids is 1. The van der Waals surface area contributed by atoms with Gasteiger partial charge in [0, 0.05) is 15.8 Å². The minimum atomic E-state index is 0.0662. The molecule has 1 N–H and O–H groups in total. The van der Waals surface area contributed by atoms with Gasteiger partial charge in [0.2, 0.25) is 5.91 Å². The van der Waals surface area contributed by atoms with Gasteiger partial charge < -0.3 is 5.32 Å². The summed E-state index contributed by atoms with van der Waals surface area (Å²) in [6.07, 6.45) is 1.46. The number of hydrogen-bond acceptors (Lipinski definition) is 1. The number of alkyl halides is 1. The van der Waals surface area contributed by atoms with Crippen molar-refractivity contribution in [2.24, 2.45) is 5.41 Å². The molecule has 1 atom stereocenters. The van der Waals surface area contributed by atoms with Gasteiger partial charge in [0.15, 0.2) is 0 Å². The highest BCUT2D eigenvalue weighted by Crippen LogP contribution is 2.24. The summed E-state index contributed by atoms with van der Waals surface area (Å²) >= 11 is 7.03. The van der Waals surface area contributed by atoms with Crippen LogP contribution in [0, 0.1) is 5.41 Å². The third kappa shape index (κ3) is 7.73. The van der Waals surface area contributed by atoms with E-state index >= 15 is 0 Å². The minimum absolute atomic E-state index is 0.0662. The van der Waals surface area contributed by atoms with Gasteiger partial charge in [0.05, 0.1) is 6.42 Å². The lowest BCUT2D eigenvalue weighted by atomic mass is 9.90. The van der Waals surface area contributed by atoms with Crippen molar-refractivity contribution in [3.63, 3.8) is 0 Å². The van der Waals surface area contributed by atoms with E-state index in [0.29, 0.717) is 17.8 Å². The monoisotopic (exact) mass is 389 g/mol. The third-order valence-electron chi connectivity index (χ3n) is 2.61. The molecule has 0 heterocycles. The second-order valence-corrected chi connectivity index (χ2v) is 8.18. The Balaban J connectivity index is 2.36. The highest BCUT2D eigenvalue weighted by molar-refractivity contribution is 9.10. The van der Waals surface area contributed by atoms with Gasteiger partial charge in [-0.25, -0.2) is 0 Å². The van der Waals surface area contributed by atoms with Gasteiger partial charge in [-0.15, -0.1) is 0 Å². The van der Waals surface area contributed by atoms with E-state index in [-0.39, 0.29) is 11.3 Å². The smallest absolute Gasteiger partial charge is 0.224 e. The maximum absolute atomic E-state index is 11.8. The molecule has 0 aliphatic heterocycles. The van der Waals surface area contributed by atoms with Gasteiger partial charge in [0.1, 0.15) is 0 Å². The van der Waals surface area contributed by atoms with Crippen LogP contribution in [-0.4, -0.2) is 17.3 Å². The average molecular weight is 391 g/mol. The van der Waals surface area contributed by atoms with Crippen molar-refractivity contribution in [2.45, 2.75) is 38.4 Å². The molecule has 0 saturated carbocycles. The molecule has 0 aliphatic carbocycles. The van der Waals surface area contributed by atoms with E-state index in [1.807, 2.05) is 24.3 Å². The van der Waals surface area contributed by atoms with Gasteiger partial charge in [0.25, 0.3) is 0 Å². The Morgan fingerprint density at radius 2 is 2.05 bits per heavy atom. The predicted octanol–water partition coefficient (Wildman–Crippen LogP) is 4.31. The molecule has 1 rings (SSSR count). The van der Waals surface area contributed by atoms with Gasteiger partial charge in [-0.05, 0) is 29.5 Å². The zero-order valence-electron chi connectivity index (χ0n) is 11.7. The Kier molecular flexibility index (Phi) is 6.54. The Morgan fingerprint density at radius 3 is 2.63 bits per heavy atom. The summed E-state index contributed by atoms with van der Waals surface area (Å²) in [4.78, 5) is 12.2. The summed E-state index contributed by atoms with van der Waals surface area (Å²) in [6, 6.07) is 7.84. The molecular formula is C15H21Br2NO. The van der Waals surface area contributed by atoms with Crippen LogP contribution in [0.5, 0.6) is 0 Å². The molecular weight excluding hydrogens is 370 g/mol. The zero-order valence-corrected chi connectivity index (χ0v) is 14.8. The molecule has 1 amide bonds. The van der Waals surface area contributed by atoms with Crippen molar-refractivity contribution < 1.29 is 4.79 Å². The van der Waals surface area contributed by atoms with Crippen molar-refractivity contribution >= 4 is 37.8 Å². The normalized spacial score (nSPS) is 13.1. The number of rotatable bonds is 5. The SMILES string of the molecule is CC(C)(C)CC(Br)CNC(=O)Cc1cccc(Br)c1. The second kappa shape index (κ2) is 7.44. The van der Waals surface area contributed by atoms with E-state index in [2.05, 4.69) is 57.9 Å². The molecule has 19 heavy (non-hydrogen) atoms. The van der Waals surface area contributed by atoms with Gasteiger partial charge in [-0.3, -0.25) is 4.79 Å². The van der Waals surface area contributed by atoms with E-state index in [1.165, 1.54) is 0 Å². The molecule has 0 saturated heterocycles. The first-order valence-electron chi connectivity index (χ1n) is 6.41. The largest absolute Gasteiger partial charge is 0.355 e. The highest BCUT2D eigenvalue weighted by atomic mass is 79.9. The van der Waals surface area contributed by atoms with Gasteiger partial charge in [-0.1, -0.05) is 64.8 Å². The van der Waals surface area contributed by atoms with Crippen LogP contribution in [-0.2, 0) is 11.2 Å². The Hall–Kier alpha value is -0.350. The van der Waals surface area contributed by atoms with Gasteiger partial charge in [-0.2, -0.15) is 0 Å². The predicted molar refractivity (Wildman–Crippen MR) is 87.6 cm³/mol. The molecule has 1 unspecified atom stereocenters. The molecule has 106 valence electrons. The lowest BCUT2D eigenvalue weighted by Crippen LogP contribution is -2.32. The quantitative estimate of drug-likeness (QED) is 0.745. The summed E-state index contributed by atoms with van der Waals surface area (Å²) in [5.41, 5.74) is 1.29. The van der Waals surface area contributed by atoms with Crippen LogP contribution in [0.15, 0.2) is 28.7 Å². The summed E-state index contributed by atoms with van der Waals surface area (Å²) < 4.78 is 1.00. The van der Waals surface area contributed by atoms with Crippen LogP contribution in [0.4, 0.5) is 0 Å². The fourth-order valence-corrected chi connectivity index (χ4v) is 3.44. The van der Waals surface area contributed by atoms with E-state index in [1.54, 1.807) is 0 Å². The molecule has 0 aliphatic rings. The molecule has 0 spiro atoms.